The lowest BCUT2D eigenvalue weighted by Gasteiger charge is -2.35. The molecule has 0 N–H and O–H groups in total. The van der Waals surface area contributed by atoms with Crippen molar-refractivity contribution >= 4 is 27.4 Å². The Kier molecular flexibility index (Phi) is 9.75. The Morgan fingerprint density at radius 1 is 1.15 bits per heavy atom. The zero-order chi connectivity index (χ0) is 34.9. The molecular weight excluding hydrogens is 637 g/mol. The summed E-state index contributed by atoms with van der Waals surface area (Å²) in [6.45, 7) is 1.79. The van der Waals surface area contributed by atoms with Crippen molar-refractivity contribution in [3.63, 3.8) is 0 Å². The number of benzene rings is 2. The molecule has 1 aromatic heterocycles. The smallest absolute Gasteiger partial charge is 0.416 e. The number of quaternary nitrogens is 1. The highest BCUT2D eigenvalue weighted by Gasteiger charge is 2.41. The van der Waals surface area contributed by atoms with Crippen LogP contribution in [-0.4, -0.2) is 80.0 Å². The molecule has 1 atom stereocenters. The van der Waals surface area contributed by atoms with Gasteiger partial charge in [0.2, 0.25) is 5.95 Å². The molecule has 1 unspecified atom stereocenters. The van der Waals surface area contributed by atoms with Crippen LogP contribution in [0.1, 0.15) is 41.6 Å². The maximum Gasteiger partial charge on any atom is 0.416 e. The summed E-state index contributed by atoms with van der Waals surface area (Å²) >= 11 is 0. The second kappa shape index (κ2) is 13.1. The fraction of sp³-hybridized carbons (Fsp3) is 0.375. The highest BCUT2D eigenvalue weighted by Crippen LogP contribution is 2.43. The van der Waals surface area contributed by atoms with Gasteiger partial charge in [-0.1, -0.05) is 18.1 Å². The van der Waals surface area contributed by atoms with Gasteiger partial charge in [-0.25, -0.2) is 27.3 Å². The van der Waals surface area contributed by atoms with Crippen molar-refractivity contribution < 1.29 is 35.6 Å². The van der Waals surface area contributed by atoms with Crippen LogP contribution in [-0.2, 0) is 32.1 Å². The third-order valence-corrected chi connectivity index (χ3v) is 8.32. The van der Waals surface area contributed by atoms with Gasteiger partial charge >= 0.3 is 17.8 Å². The minimum absolute atomic E-state index is 0.0261. The normalized spacial score (nSPS) is 15.1. The molecule has 0 saturated carbocycles. The van der Waals surface area contributed by atoms with Crippen molar-refractivity contribution in [1.82, 2.24) is 14.3 Å². The quantitative estimate of drug-likeness (QED) is 0.202. The number of methoxy groups -OCH3 is 1. The van der Waals surface area contributed by atoms with Gasteiger partial charge in [-0.15, -0.1) is 5.10 Å². The van der Waals surface area contributed by atoms with E-state index in [1.54, 1.807) is 6.07 Å². The number of sulfone groups is 1. The molecule has 0 aliphatic carbocycles. The Morgan fingerprint density at radius 3 is 2.45 bits per heavy atom. The van der Waals surface area contributed by atoms with E-state index in [9.17, 15) is 36.4 Å². The number of nitriles is 1. The predicted molar refractivity (Wildman–Crippen MR) is 168 cm³/mol. The maximum atomic E-state index is 14.1. The first-order valence-corrected chi connectivity index (χ1v) is 16.4. The first kappa shape index (κ1) is 35.0. The van der Waals surface area contributed by atoms with Gasteiger partial charge in [0, 0.05) is 29.7 Å². The number of esters is 1. The molecule has 11 nitrogen and oxygen atoms in total. The standard InChI is InChI=1S/C32H34F3N6O5S/c1-21-27(29(42)46-5)28(26-14-13-22(20-36)18-23(26)10-8-16-41(2,3)4)40-30(37-38(31(40)43)15-9-17-47(6,44)45)39(21)25-12-7-11-24(19-25)32(33,34)35/h7,11-14,18-19,28H,9,15-17H2,1-6H3/q+1. The number of carbonyl (C=O) groups is 1. The van der Waals surface area contributed by atoms with Gasteiger partial charge in [0.15, 0.2) is 0 Å². The van der Waals surface area contributed by atoms with E-state index in [0.29, 0.717) is 22.2 Å². The Hall–Kier alpha value is -4.86. The van der Waals surface area contributed by atoms with Gasteiger partial charge in [-0.05, 0) is 55.2 Å². The van der Waals surface area contributed by atoms with Crippen LogP contribution in [0.5, 0.6) is 0 Å². The lowest BCUT2D eigenvalue weighted by Crippen LogP contribution is -2.39. The molecule has 0 radical (unpaired) electrons. The minimum Gasteiger partial charge on any atom is -0.466 e. The summed E-state index contributed by atoms with van der Waals surface area (Å²) in [5.41, 5.74) is -0.728. The number of carbonyl (C=O) groups excluding carboxylic acids is 1. The van der Waals surface area contributed by atoms with E-state index in [1.807, 2.05) is 21.1 Å². The van der Waals surface area contributed by atoms with Crippen LogP contribution in [0, 0.1) is 23.2 Å². The number of nitrogens with zero attached hydrogens (tertiary/aromatic N) is 6. The monoisotopic (exact) mass is 671 g/mol. The lowest BCUT2D eigenvalue weighted by atomic mass is 9.90. The lowest BCUT2D eigenvalue weighted by molar-refractivity contribution is -0.862. The maximum absolute atomic E-state index is 14.1. The number of halogens is 3. The molecule has 47 heavy (non-hydrogen) atoms. The highest BCUT2D eigenvalue weighted by atomic mass is 32.2. The number of hydrogen-bond donors (Lipinski definition) is 0. The van der Waals surface area contributed by atoms with Crippen molar-refractivity contribution in [3.05, 3.63) is 86.5 Å². The third-order valence-electron chi connectivity index (χ3n) is 7.28. The minimum atomic E-state index is -4.69. The Bertz CT molecular complexity index is 2020. The molecule has 1 aliphatic rings. The van der Waals surface area contributed by atoms with E-state index < -0.39 is 39.3 Å². The van der Waals surface area contributed by atoms with Crippen molar-refractivity contribution in [2.45, 2.75) is 32.1 Å². The number of aryl methyl sites for hydroxylation is 1. The fourth-order valence-electron chi connectivity index (χ4n) is 5.15. The number of aromatic nitrogens is 3. The molecule has 0 amide bonds. The van der Waals surface area contributed by atoms with E-state index in [-0.39, 0.29) is 47.2 Å². The van der Waals surface area contributed by atoms with Gasteiger partial charge in [-0.3, -0.25) is 4.90 Å². The number of allylic oxidation sites excluding steroid dienone is 1. The van der Waals surface area contributed by atoms with Crippen molar-refractivity contribution in [1.29, 1.82) is 5.26 Å². The summed E-state index contributed by atoms with van der Waals surface area (Å²) in [4.78, 5) is 29.0. The summed E-state index contributed by atoms with van der Waals surface area (Å²) in [6, 6.07) is 9.79. The highest BCUT2D eigenvalue weighted by molar-refractivity contribution is 7.90. The number of hydrogen-bond acceptors (Lipinski definition) is 8. The topological polar surface area (TPSA) is 127 Å². The van der Waals surface area contributed by atoms with Crippen molar-refractivity contribution in [3.8, 4) is 17.9 Å². The summed E-state index contributed by atoms with van der Waals surface area (Å²) in [7, 11) is 3.58. The van der Waals surface area contributed by atoms with Crippen LogP contribution < -0.4 is 10.6 Å². The molecule has 4 rings (SSSR count). The van der Waals surface area contributed by atoms with E-state index in [4.69, 9.17) is 4.74 Å². The van der Waals surface area contributed by atoms with Crippen LogP contribution in [0.4, 0.5) is 24.8 Å². The molecule has 3 aromatic rings. The summed E-state index contributed by atoms with van der Waals surface area (Å²) in [6.07, 6.45) is -3.61. The number of fused-ring (bicyclic) bond motifs is 1. The second-order valence-corrected chi connectivity index (χ2v) is 14.4. The molecule has 0 saturated heterocycles. The van der Waals surface area contributed by atoms with Gasteiger partial charge in [-0.2, -0.15) is 18.4 Å². The van der Waals surface area contributed by atoms with Gasteiger partial charge in [0.25, 0.3) is 0 Å². The molecule has 0 bridgehead atoms. The molecule has 2 aromatic carbocycles. The molecular formula is C32H34F3N6O5S+. The number of ether oxygens (including phenoxy) is 1. The van der Waals surface area contributed by atoms with Crippen LogP contribution in [0.3, 0.4) is 0 Å². The van der Waals surface area contributed by atoms with Gasteiger partial charge < -0.3 is 9.22 Å². The average molecular weight is 672 g/mol. The fourth-order valence-corrected chi connectivity index (χ4v) is 5.80. The molecule has 15 heteroatoms. The van der Waals surface area contributed by atoms with Crippen LogP contribution in [0.15, 0.2) is 58.5 Å². The van der Waals surface area contributed by atoms with E-state index in [1.165, 1.54) is 36.1 Å². The molecule has 0 fully saturated rings. The number of anilines is 2. The molecule has 2 heterocycles. The number of alkyl halides is 3. The molecule has 248 valence electrons. The van der Waals surface area contributed by atoms with E-state index in [0.717, 1.165) is 34.7 Å². The Balaban J connectivity index is 2.07. The van der Waals surface area contributed by atoms with Crippen molar-refractivity contribution in [2.75, 3.05) is 51.7 Å². The Morgan fingerprint density at radius 2 is 1.85 bits per heavy atom. The molecule has 1 aliphatic heterocycles. The first-order valence-electron chi connectivity index (χ1n) is 14.3. The largest absolute Gasteiger partial charge is 0.466 e. The van der Waals surface area contributed by atoms with Gasteiger partial charge in [0.05, 0.1) is 56.8 Å². The summed E-state index contributed by atoms with van der Waals surface area (Å²) in [5.74, 6) is 4.94. The van der Waals surface area contributed by atoms with Crippen LogP contribution in [0.2, 0.25) is 0 Å². The third kappa shape index (κ3) is 7.76. The van der Waals surface area contributed by atoms with Crippen LogP contribution >= 0.6 is 0 Å². The summed E-state index contributed by atoms with van der Waals surface area (Å²) in [5, 5.41) is 14.1. The zero-order valence-corrected chi connectivity index (χ0v) is 27.5. The zero-order valence-electron chi connectivity index (χ0n) is 26.7. The van der Waals surface area contributed by atoms with Crippen molar-refractivity contribution in [2.24, 2.45) is 0 Å². The second-order valence-electron chi connectivity index (χ2n) is 12.1. The number of rotatable bonds is 8. The van der Waals surface area contributed by atoms with E-state index in [2.05, 4.69) is 23.0 Å². The van der Waals surface area contributed by atoms with Gasteiger partial charge in [0.1, 0.15) is 22.4 Å². The SMILES string of the molecule is COC(=O)C1=C(C)N(c2cccc(C(F)(F)F)c2)c2nn(CCCS(C)(=O)=O)c(=O)n2C1c1ccc(C#N)cc1C#CC[N+](C)(C)C. The van der Waals surface area contributed by atoms with Crippen LogP contribution in [0.25, 0.3) is 0 Å². The average Bonchev–Trinajstić information content (AvgIpc) is 3.29. The predicted octanol–water partition coefficient (Wildman–Crippen LogP) is 3.62. The van der Waals surface area contributed by atoms with E-state index >= 15 is 0 Å². The Labute approximate surface area is 270 Å². The first-order chi connectivity index (χ1) is 21.9. The molecule has 0 spiro atoms. The summed E-state index contributed by atoms with van der Waals surface area (Å²) < 4.78 is 72.8.